The van der Waals surface area contributed by atoms with Crippen LogP contribution in [-0.4, -0.2) is 23.0 Å². The van der Waals surface area contributed by atoms with Crippen molar-refractivity contribution in [2.75, 3.05) is 0 Å². The molecule has 0 spiro atoms. The summed E-state index contributed by atoms with van der Waals surface area (Å²) < 4.78 is 65.9. The van der Waals surface area contributed by atoms with Gasteiger partial charge in [-0.05, 0) is 17.0 Å². The van der Waals surface area contributed by atoms with Gasteiger partial charge in [0.1, 0.15) is 0 Å². The van der Waals surface area contributed by atoms with Crippen LogP contribution < -0.4 is 0 Å². The quantitative estimate of drug-likeness (QED) is 0.572. The third-order valence-corrected chi connectivity index (χ3v) is 8.69. The van der Waals surface area contributed by atoms with Gasteiger partial charge in [-0.25, -0.2) is 0 Å². The standard InChI is InChI=1S/C15H22F3O3SSi/c1-13(2,3)11-23(21-22(19,20)15(16,17)18)14(4,5)12-9-7-6-8-10-12/h6-10H,11H2,1-5H3. The number of rotatable bonds is 5. The predicted octanol–water partition coefficient (Wildman–Crippen LogP) is 4.41. The van der Waals surface area contributed by atoms with E-state index in [1.54, 1.807) is 44.2 Å². The normalized spacial score (nSPS) is 14.3. The van der Waals surface area contributed by atoms with Crippen LogP contribution in [0.3, 0.4) is 0 Å². The summed E-state index contributed by atoms with van der Waals surface area (Å²) >= 11 is 0. The molecule has 1 aromatic carbocycles. The molecule has 131 valence electrons. The number of hydrogen-bond donors (Lipinski definition) is 0. The molecule has 23 heavy (non-hydrogen) atoms. The van der Waals surface area contributed by atoms with E-state index in [2.05, 4.69) is 0 Å². The van der Waals surface area contributed by atoms with Gasteiger partial charge in [0.2, 0.25) is 9.04 Å². The van der Waals surface area contributed by atoms with Crippen molar-refractivity contribution in [3.05, 3.63) is 35.9 Å². The first kappa shape index (κ1) is 20.2. The summed E-state index contributed by atoms with van der Waals surface area (Å²) in [5.74, 6) is 0. The first-order valence-electron chi connectivity index (χ1n) is 7.09. The maximum atomic E-state index is 12.7. The molecule has 0 saturated carbocycles. The highest BCUT2D eigenvalue weighted by atomic mass is 32.2. The monoisotopic (exact) mass is 367 g/mol. The molecule has 0 aliphatic rings. The molecule has 0 N–H and O–H groups in total. The topological polar surface area (TPSA) is 43.4 Å². The zero-order valence-corrected chi connectivity index (χ0v) is 15.7. The summed E-state index contributed by atoms with van der Waals surface area (Å²) in [5.41, 5.74) is -5.01. The van der Waals surface area contributed by atoms with E-state index in [0.29, 0.717) is 0 Å². The fourth-order valence-electron chi connectivity index (χ4n) is 2.03. The summed E-state index contributed by atoms with van der Waals surface area (Å²) in [5, 5.41) is -0.808. The molecule has 0 fully saturated rings. The molecule has 8 heteroatoms. The van der Waals surface area contributed by atoms with Crippen molar-refractivity contribution >= 4 is 19.2 Å². The van der Waals surface area contributed by atoms with Gasteiger partial charge >= 0.3 is 15.6 Å². The van der Waals surface area contributed by atoms with Gasteiger partial charge in [-0.1, -0.05) is 65.0 Å². The molecular formula is C15H22F3O3SSi. The maximum absolute atomic E-state index is 12.7. The van der Waals surface area contributed by atoms with Crippen molar-refractivity contribution < 1.29 is 25.5 Å². The minimum atomic E-state index is -5.62. The van der Waals surface area contributed by atoms with Gasteiger partial charge in [0, 0.05) is 5.04 Å². The lowest BCUT2D eigenvalue weighted by Gasteiger charge is -2.35. The molecule has 0 amide bonds. The number of alkyl halides is 3. The van der Waals surface area contributed by atoms with Gasteiger partial charge in [0.15, 0.2) is 0 Å². The molecule has 0 heterocycles. The summed E-state index contributed by atoms with van der Waals surface area (Å²) in [6, 6.07) is 9.14. The van der Waals surface area contributed by atoms with Crippen LogP contribution in [0.15, 0.2) is 30.3 Å². The van der Waals surface area contributed by atoms with E-state index in [1.165, 1.54) is 0 Å². The minimum absolute atomic E-state index is 0.259. The van der Waals surface area contributed by atoms with Gasteiger partial charge in [0.05, 0.1) is 0 Å². The third-order valence-electron chi connectivity index (χ3n) is 3.38. The Morgan fingerprint density at radius 1 is 1.00 bits per heavy atom. The Balaban J connectivity index is 3.26. The van der Waals surface area contributed by atoms with Crippen LogP contribution in [0.5, 0.6) is 0 Å². The lowest BCUT2D eigenvalue weighted by molar-refractivity contribution is -0.0503. The molecule has 3 nitrogen and oxygen atoms in total. The van der Waals surface area contributed by atoms with Gasteiger partial charge in [-0.15, -0.1) is 0 Å². The van der Waals surface area contributed by atoms with Crippen LogP contribution in [0.25, 0.3) is 0 Å². The molecule has 0 unspecified atom stereocenters. The Morgan fingerprint density at radius 2 is 1.48 bits per heavy atom. The molecule has 0 aliphatic carbocycles. The fraction of sp³-hybridized carbons (Fsp3) is 0.600. The molecule has 0 saturated heterocycles. The molecule has 1 rings (SSSR count). The van der Waals surface area contributed by atoms with Gasteiger partial charge < -0.3 is 3.87 Å². The van der Waals surface area contributed by atoms with Crippen LogP contribution in [0.1, 0.15) is 40.2 Å². The average molecular weight is 367 g/mol. The largest absolute Gasteiger partial charge is 0.522 e. The second kappa shape index (κ2) is 6.56. The summed E-state index contributed by atoms with van der Waals surface area (Å²) in [6.45, 7) is 9.01. The minimum Gasteiger partial charge on any atom is -0.307 e. The Hall–Kier alpha value is -0.863. The Bertz CT molecular complexity index is 620. The second-order valence-corrected chi connectivity index (χ2v) is 11.6. The van der Waals surface area contributed by atoms with Crippen molar-refractivity contribution in [2.24, 2.45) is 5.41 Å². The first-order chi connectivity index (χ1) is 10.2. The molecule has 1 radical (unpaired) electrons. The molecule has 0 bridgehead atoms. The van der Waals surface area contributed by atoms with E-state index in [-0.39, 0.29) is 11.5 Å². The zero-order chi connectivity index (χ0) is 18.1. The molecule has 0 atom stereocenters. The van der Waals surface area contributed by atoms with Crippen LogP contribution in [0.4, 0.5) is 13.2 Å². The number of benzene rings is 1. The van der Waals surface area contributed by atoms with Gasteiger partial charge in [0.25, 0.3) is 0 Å². The first-order valence-corrected chi connectivity index (χ1v) is 10.1. The summed E-state index contributed by atoms with van der Waals surface area (Å²) in [4.78, 5) is 0. The zero-order valence-electron chi connectivity index (χ0n) is 13.9. The van der Waals surface area contributed by atoms with E-state index in [4.69, 9.17) is 3.87 Å². The third kappa shape index (κ3) is 5.32. The fourth-order valence-corrected chi connectivity index (χ4v) is 6.43. The highest BCUT2D eigenvalue weighted by Crippen LogP contribution is 2.37. The lowest BCUT2D eigenvalue weighted by Crippen LogP contribution is -2.46. The molecule has 1 aromatic rings. The van der Waals surface area contributed by atoms with Crippen LogP contribution in [0, 0.1) is 5.41 Å². The Kier molecular flexibility index (Phi) is 5.76. The smallest absolute Gasteiger partial charge is 0.307 e. The average Bonchev–Trinajstić information content (AvgIpc) is 2.35. The van der Waals surface area contributed by atoms with Crippen molar-refractivity contribution in [2.45, 2.75) is 51.2 Å². The van der Waals surface area contributed by atoms with Crippen molar-refractivity contribution in [3.8, 4) is 0 Å². The van der Waals surface area contributed by atoms with Crippen molar-refractivity contribution in [1.82, 2.24) is 0 Å². The maximum Gasteiger partial charge on any atom is 0.522 e. The molecule has 0 aliphatic heterocycles. The van der Waals surface area contributed by atoms with E-state index < -0.39 is 29.7 Å². The highest BCUT2D eigenvalue weighted by Gasteiger charge is 2.51. The molecule has 0 aromatic heterocycles. The molecular weight excluding hydrogens is 345 g/mol. The predicted molar refractivity (Wildman–Crippen MR) is 85.5 cm³/mol. The highest BCUT2D eigenvalue weighted by molar-refractivity contribution is 7.88. The van der Waals surface area contributed by atoms with Crippen LogP contribution in [-0.2, 0) is 19.0 Å². The Labute approximate surface area is 137 Å². The van der Waals surface area contributed by atoms with Crippen molar-refractivity contribution in [3.63, 3.8) is 0 Å². The Morgan fingerprint density at radius 3 is 1.87 bits per heavy atom. The van der Waals surface area contributed by atoms with Crippen LogP contribution in [0.2, 0.25) is 6.04 Å². The van der Waals surface area contributed by atoms with Gasteiger partial charge in [-0.3, -0.25) is 0 Å². The van der Waals surface area contributed by atoms with Crippen molar-refractivity contribution in [1.29, 1.82) is 0 Å². The number of halogens is 3. The van der Waals surface area contributed by atoms with E-state index in [1.807, 2.05) is 20.8 Å². The van der Waals surface area contributed by atoms with E-state index in [0.717, 1.165) is 5.56 Å². The van der Waals surface area contributed by atoms with Gasteiger partial charge in [-0.2, -0.15) is 21.6 Å². The lowest BCUT2D eigenvalue weighted by atomic mass is 10.0. The summed E-state index contributed by atoms with van der Waals surface area (Å²) in [7, 11) is -7.99. The number of hydrogen-bond acceptors (Lipinski definition) is 3. The SMILES string of the molecule is CC(C)(C)C[Si](OS(=O)(=O)C(F)(F)F)C(C)(C)c1ccccc1. The second-order valence-electron chi connectivity index (χ2n) is 7.13. The summed E-state index contributed by atoms with van der Waals surface area (Å²) in [6.07, 6.45) is 0. The van der Waals surface area contributed by atoms with E-state index >= 15 is 0 Å². The van der Waals surface area contributed by atoms with Crippen LogP contribution >= 0.6 is 0 Å². The van der Waals surface area contributed by atoms with E-state index in [9.17, 15) is 21.6 Å².